The number of benzene rings is 2. The van der Waals surface area contributed by atoms with Gasteiger partial charge in [-0.3, -0.25) is 4.79 Å². The van der Waals surface area contributed by atoms with Crippen molar-refractivity contribution >= 4 is 5.91 Å². The first-order chi connectivity index (χ1) is 11.2. The van der Waals surface area contributed by atoms with Crippen molar-refractivity contribution in [2.75, 3.05) is 7.11 Å². The molecule has 0 aliphatic heterocycles. The first-order valence-corrected chi connectivity index (χ1v) is 7.80. The number of hydrogen-bond acceptors (Lipinski definition) is 3. The Hall–Kier alpha value is -2.49. The van der Waals surface area contributed by atoms with E-state index in [4.69, 9.17) is 9.47 Å². The molecule has 0 spiro atoms. The van der Waals surface area contributed by atoms with Gasteiger partial charge < -0.3 is 14.8 Å². The summed E-state index contributed by atoms with van der Waals surface area (Å²) >= 11 is 0. The van der Waals surface area contributed by atoms with Crippen LogP contribution in [0.1, 0.15) is 31.9 Å². The molecule has 1 amide bonds. The SMILES string of the molecule is CC[C@H](Oc1ccccc1)C(=O)N[C@@H](C)c1ccccc1OC. The van der Waals surface area contributed by atoms with E-state index >= 15 is 0 Å². The maximum absolute atomic E-state index is 12.5. The second-order valence-corrected chi connectivity index (χ2v) is 5.30. The maximum atomic E-state index is 12.5. The van der Waals surface area contributed by atoms with Crippen LogP contribution >= 0.6 is 0 Å². The number of rotatable bonds is 7. The van der Waals surface area contributed by atoms with E-state index in [9.17, 15) is 4.79 Å². The van der Waals surface area contributed by atoms with Gasteiger partial charge in [0, 0.05) is 5.56 Å². The maximum Gasteiger partial charge on any atom is 0.261 e. The summed E-state index contributed by atoms with van der Waals surface area (Å²) in [6, 6.07) is 16.9. The molecule has 0 aliphatic rings. The van der Waals surface area contributed by atoms with Crippen molar-refractivity contribution in [1.82, 2.24) is 5.32 Å². The summed E-state index contributed by atoms with van der Waals surface area (Å²) in [5, 5.41) is 3.00. The molecule has 2 aromatic rings. The zero-order chi connectivity index (χ0) is 16.7. The molecule has 122 valence electrons. The molecule has 4 heteroatoms. The Kier molecular flexibility index (Phi) is 6.03. The number of ether oxygens (including phenoxy) is 2. The average molecular weight is 313 g/mol. The van der Waals surface area contributed by atoms with Gasteiger partial charge in [0.05, 0.1) is 13.2 Å². The normalized spacial score (nSPS) is 13.0. The lowest BCUT2D eigenvalue weighted by molar-refractivity contribution is -0.128. The van der Waals surface area contributed by atoms with Crippen molar-refractivity contribution in [3.8, 4) is 11.5 Å². The highest BCUT2D eigenvalue weighted by atomic mass is 16.5. The van der Waals surface area contributed by atoms with Gasteiger partial charge in [-0.15, -0.1) is 0 Å². The predicted octanol–water partition coefficient (Wildman–Crippen LogP) is 3.73. The summed E-state index contributed by atoms with van der Waals surface area (Å²) in [4.78, 5) is 12.5. The fourth-order valence-electron chi connectivity index (χ4n) is 2.39. The van der Waals surface area contributed by atoms with Crippen molar-refractivity contribution in [2.45, 2.75) is 32.4 Å². The van der Waals surface area contributed by atoms with Crippen molar-refractivity contribution < 1.29 is 14.3 Å². The smallest absolute Gasteiger partial charge is 0.261 e. The number of carbonyl (C=O) groups excluding carboxylic acids is 1. The van der Waals surface area contributed by atoms with Crippen molar-refractivity contribution in [1.29, 1.82) is 0 Å². The van der Waals surface area contributed by atoms with Crippen molar-refractivity contribution in [3.05, 3.63) is 60.2 Å². The summed E-state index contributed by atoms with van der Waals surface area (Å²) in [5.41, 5.74) is 0.943. The number of amides is 1. The van der Waals surface area contributed by atoms with Crippen LogP contribution in [-0.2, 0) is 4.79 Å². The molecule has 0 fully saturated rings. The molecule has 2 rings (SSSR count). The standard InChI is InChI=1S/C19H23NO3/c1-4-17(23-15-10-6-5-7-11-15)19(21)20-14(2)16-12-8-9-13-18(16)22-3/h5-14,17H,4H2,1-3H3,(H,20,21)/t14-,17-/m0/s1. The largest absolute Gasteiger partial charge is 0.496 e. The van der Waals surface area contributed by atoms with E-state index in [-0.39, 0.29) is 11.9 Å². The van der Waals surface area contributed by atoms with Crippen LogP contribution in [0.4, 0.5) is 0 Å². The fraction of sp³-hybridized carbons (Fsp3) is 0.316. The van der Waals surface area contributed by atoms with Crippen molar-refractivity contribution in [3.63, 3.8) is 0 Å². The van der Waals surface area contributed by atoms with Gasteiger partial charge >= 0.3 is 0 Å². The Bertz CT molecular complexity index is 628. The van der Waals surface area contributed by atoms with Gasteiger partial charge in [-0.1, -0.05) is 43.3 Å². The molecule has 2 atom stereocenters. The number of hydrogen-bond donors (Lipinski definition) is 1. The van der Waals surface area contributed by atoms with Crippen molar-refractivity contribution in [2.24, 2.45) is 0 Å². The van der Waals surface area contributed by atoms with Crippen LogP contribution in [0, 0.1) is 0 Å². The zero-order valence-corrected chi connectivity index (χ0v) is 13.8. The molecule has 0 radical (unpaired) electrons. The summed E-state index contributed by atoms with van der Waals surface area (Å²) in [5.74, 6) is 1.33. The van der Waals surface area contributed by atoms with Crippen LogP contribution in [0.2, 0.25) is 0 Å². The predicted molar refractivity (Wildman–Crippen MR) is 90.7 cm³/mol. The van der Waals surface area contributed by atoms with E-state index in [1.165, 1.54) is 0 Å². The lowest BCUT2D eigenvalue weighted by atomic mass is 10.1. The van der Waals surface area contributed by atoms with Gasteiger partial charge in [-0.05, 0) is 31.5 Å². The van der Waals surface area contributed by atoms with Crippen LogP contribution < -0.4 is 14.8 Å². The molecule has 0 unspecified atom stereocenters. The highest BCUT2D eigenvalue weighted by molar-refractivity contribution is 5.81. The number of nitrogens with one attached hydrogen (secondary N) is 1. The monoisotopic (exact) mass is 313 g/mol. The highest BCUT2D eigenvalue weighted by Gasteiger charge is 2.21. The minimum absolute atomic E-state index is 0.130. The molecule has 23 heavy (non-hydrogen) atoms. The fourth-order valence-corrected chi connectivity index (χ4v) is 2.39. The summed E-state index contributed by atoms with van der Waals surface area (Å²) < 4.78 is 11.1. The summed E-state index contributed by atoms with van der Waals surface area (Å²) in [6.45, 7) is 3.87. The van der Waals surface area contributed by atoms with E-state index in [1.54, 1.807) is 7.11 Å². The molecule has 0 saturated heterocycles. The zero-order valence-electron chi connectivity index (χ0n) is 13.8. The van der Waals surface area contributed by atoms with Gasteiger partial charge in [-0.2, -0.15) is 0 Å². The molecular formula is C19H23NO3. The van der Waals surface area contributed by atoms with Crippen LogP contribution in [0.5, 0.6) is 11.5 Å². The minimum atomic E-state index is -0.519. The third kappa shape index (κ3) is 4.49. The Morgan fingerprint density at radius 2 is 1.74 bits per heavy atom. The Morgan fingerprint density at radius 1 is 1.09 bits per heavy atom. The minimum Gasteiger partial charge on any atom is -0.496 e. The lowest BCUT2D eigenvalue weighted by Crippen LogP contribution is -2.39. The van der Waals surface area contributed by atoms with E-state index in [1.807, 2.05) is 68.4 Å². The summed E-state index contributed by atoms with van der Waals surface area (Å²) in [7, 11) is 1.63. The van der Waals surface area contributed by atoms with Gasteiger partial charge in [0.25, 0.3) is 5.91 Å². The first kappa shape index (κ1) is 16.9. The van der Waals surface area contributed by atoms with E-state index in [0.717, 1.165) is 11.3 Å². The van der Waals surface area contributed by atoms with Crippen LogP contribution in [0.3, 0.4) is 0 Å². The van der Waals surface area contributed by atoms with E-state index < -0.39 is 6.10 Å². The Labute approximate surface area is 137 Å². The van der Waals surface area contributed by atoms with Crippen LogP contribution in [0.15, 0.2) is 54.6 Å². The third-order valence-corrected chi connectivity index (χ3v) is 3.65. The van der Waals surface area contributed by atoms with Crippen LogP contribution in [-0.4, -0.2) is 19.1 Å². The lowest BCUT2D eigenvalue weighted by Gasteiger charge is -2.21. The molecule has 0 heterocycles. The first-order valence-electron chi connectivity index (χ1n) is 7.80. The molecule has 0 saturated carbocycles. The molecule has 1 N–H and O–H groups in total. The summed E-state index contributed by atoms with van der Waals surface area (Å²) in [6.07, 6.45) is 0.0777. The molecular weight excluding hydrogens is 290 g/mol. The third-order valence-electron chi connectivity index (χ3n) is 3.65. The van der Waals surface area contributed by atoms with Gasteiger partial charge in [0.1, 0.15) is 11.5 Å². The topological polar surface area (TPSA) is 47.6 Å². The molecule has 0 aliphatic carbocycles. The highest BCUT2D eigenvalue weighted by Crippen LogP contribution is 2.24. The Morgan fingerprint density at radius 3 is 2.39 bits per heavy atom. The molecule has 4 nitrogen and oxygen atoms in total. The van der Waals surface area contributed by atoms with Crippen LogP contribution in [0.25, 0.3) is 0 Å². The number of para-hydroxylation sites is 2. The molecule has 0 bridgehead atoms. The average Bonchev–Trinajstić information content (AvgIpc) is 2.60. The number of methoxy groups -OCH3 is 1. The quantitative estimate of drug-likeness (QED) is 0.847. The van der Waals surface area contributed by atoms with E-state index in [2.05, 4.69) is 5.32 Å². The molecule has 0 aromatic heterocycles. The number of carbonyl (C=O) groups is 1. The van der Waals surface area contributed by atoms with Gasteiger partial charge in [0.15, 0.2) is 6.10 Å². The van der Waals surface area contributed by atoms with Gasteiger partial charge in [-0.25, -0.2) is 0 Å². The molecule has 2 aromatic carbocycles. The second kappa shape index (κ2) is 8.22. The van der Waals surface area contributed by atoms with E-state index in [0.29, 0.717) is 12.2 Å². The second-order valence-electron chi connectivity index (χ2n) is 5.30. The Balaban J connectivity index is 2.04. The van der Waals surface area contributed by atoms with Gasteiger partial charge in [0.2, 0.25) is 0 Å².